The molecule has 0 saturated heterocycles. The van der Waals surface area contributed by atoms with Gasteiger partial charge in [0.05, 0.1) is 5.22 Å². The van der Waals surface area contributed by atoms with Crippen molar-refractivity contribution in [1.82, 2.24) is 9.58 Å². The minimum absolute atomic E-state index is 0.262. The number of hydrogen-bond acceptors (Lipinski definition) is 5. The van der Waals surface area contributed by atoms with Gasteiger partial charge in [0.15, 0.2) is 0 Å². The molecule has 0 bridgehead atoms. The molecule has 1 aliphatic rings. The molecule has 0 fully saturated rings. The number of amidine groups is 1. The Balaban J connectivity index is 2.47. The maximum atomic E-state index is 4.18. The van der Waals surface area contributed by atoms with Crippen LogP contribution < -0.4 is 4.59 Å². The summed E-state index contributed by atoms with van der Waals surface area (Å²) in [6.07, 6.45) is 1.75. The topological polar surface area (TPSA) is 50.0 Å². The summed E-state index contributed by atoms with van der Waals surface area (Å²) in [5.74, 6) is 0.838. The lowest BCUT2D eigenvalue weighted by Gasteiger charge is -2.15. The summed E-state index contributed by atoms with van der Waals surface area (Å²) < 4.78 is 0.262. The summed E-state index contributed by atoms with van der Waals surface area (Å²) in [4.78, 5) is 4.18. The van der Waals surface area contributed by atoms with Gasteiger partial charge in [-0.25, -0.2) is 0 Å². The quantitative estimate of drug-likeness (QED) is 0.611. The summed E-state index contributed by atoms with van der Waals surface area (Å²) in [5, 5.41) is 14.3. The zero-order chi connectivity index (χ0) is 8.60. The molecule has 0 spiro atoms. The molecule has 2 rings (SSSR count). The predicted molar refractivity (Wildman–Crippen MR) is 47.8 cm³/mol. The fourth-order valence-electron chi connectivity index (χ4n) is 0.924. The molecule has 6 heteroatoms. The van der Waals surface area contributed by atoms with Crippen molar-refractivity contribution in [3.63, 3.8) is 0 Å². The van der Waals surface area contributed by atoms with Gasteiger partial charge >= 0.3 is 5.13 Å². The van der Waals surface area contributed by atoms with Crippen LogP contribution in [0.5, 0.6) is 0 Å². The Morgan fingerprint density at radius 1 is 1.50 bits per heavy atom. The van der Waals surface area contributed by atoms with Crippen LogP contribution in [0.3, 0.4) is 0 Å². The van der Waals surface area contributed by atoms with E-state index >= 15 is 0 Å². The largest absolute Gasteiger partial charge is 0.320 e. The van der Waals surface area contributed by atoms with E-state index in [-0.39, 0.29) is 4.59 Å². The zero-order valence-electron chi connectivity index (χ0n) is 6.80. The Labute approximate surface area is 73.6 Å². The highest BCUT2D eigenvalue weighted by atomic mass is 32.1. The van der Waals surface area contributed by atoms with Gasteiger partial charge in [0.2, 0.25) is 0 Å². The molecular formula is C6H8N5S+. The number of aromatic nitrogens is 1. The second-order valence-electron chi connectivity index (χ2n) is 2.60. The molecule has 62 valence electrons. The first-order valence-corrected chi connectivity index (χ1v) is 4.35. The summed E-state index contributed by atoms with van der Waals surface area (Å²) >= 11 is 1.55. The minimum Gasteiger partial charge on any atom is -0.191 e. The van der Waals surface area contributed by atoms with Crippen molar-refractivity contribution in [1.29, 1.82) is 0 Å². The van der Waals surface area contributed by atoms with E-state index in [0.29, 0.717) is 0 Å². The Morgan fingerprint density at radius 3 is 2.83 bits per heavy atom. The maximum Gasteiger partial charge on any atom is 0.320 e. The van der Waals surface area contributed by atoms with Crippen LogP contribution in [0.15, 0.2) is 27.1 Å². The number of rotatable bonds is 1. The Morgan fingerprint density at radius 2 is 2.33 bits per heavy atom. The summed E-state index contributed by atoms with van der Waals surface area (Å²) in [5.41, 5.74) is 0. The third kappa shape index (κ3) is 0.886. The minimum atomic E-state index is 0.262. The van der Waals surface area contributed by atoms with Gasteiger partial charge in [-0.15, -0.1) is 0 Å². The van der Waals surface area contributed by atoms with Gasteiger partial charge in [-0.05, 0) is 0 Å². The van der Waals surface area contributed by atoms with Crippen LogP contribution >= 0.6 is 11.3 Å². The smallest absolute Gasteiger partial charge is 0.191 e. The van der Waals surface area contributed by atoms with Gasteiger partial charge in [-0.2, -0.15) is 4.98 Å². The number of nitrogens with zero attached hydrogens (tertiary/aromatic N) is 5. The van der Waals surface area contributed by atoms with Crippen molar-refractivity contribution in [2.24, 2.45) is 15.5 Å². The average molecular weight is 182 g/mol. The molecule has 0 N–H and O–H groups in total. The first-order valence-electron chi connectivity index (χ1n) is 3.47. The molecule has 5 nitrogen and oxygen atoms in total. The molecule has 0 aromatic carbocycles. The Hall–Kier alpha value is -1.14. The van der Waals surface area contributed by atoms with Crippen molar-refractivity contribution < 1.29 is 0 Å². The highest BCUT2D eigenvalue weighted by Crippen LogP contribution is 2.27. The van der Waals surface area contributed by atoms with Crippen molar-refractivity contribution in [2.75, 3.05) is 7.05 Å². The summed E-state index contributed by atoms with van der Waals surface area (Å²) in [6.45, 7) is 1.89. The first kappa shape index (κ1) is 7.51. The number of quaternary nitrogens is 1. The lowest BCUT2D eigenvalue weighted by atomic mass is 10.6. The molecule has 0 aliphatic carbocycles. The van der Waals surface area contributed by atoms with Crippen molar-refractivity contribution in [2.45, 2.75) is 6.92 Å². The second-order valence-corrected chi connectivity index (χ2v) is 3.47. The molecule has 12 heavy (non-hydrogen) atoms. The van der Waals surface area contributed by atoms with E-state index < -0.39 is 0 Å². The van der Waals surface area contributed by atoms with Gasteiger partial charge < -0.3 is 0 Å². The van der Waals surface area contributed by atoms with E-state index in [1.807, 2.05) is 19.4 Å². The van der Waals surface area contributed by atoms with Gasteiger partial charge in [0, 0.05) is 23.7 Å². The van der Waals surface area contributed by atoms with Crippen molar-refractivity contribution >= 4 is 22.3 Å². The first-order chi connectivity index (χ1) is 5.73. The van der Waals surface area contributed by atoms with Gasteiger partial charge in [-0.1, -0.05) is 21.0 Å². The summed E-state index contributed by atoms with van der Waals surface area (Å²) in [7, 11) is 1.91. The SMILES string of the molecule is CC1=NN=N[N+]1(C)c1nccs1. The van der Waals surface area contributed by atoms with Crippen LogP contribution in [0.2, 0.25) is 0 Å². The summed E-state index contributed by atoms with van der Waals surface area (Å²) in [6, 6.07) is 0. The van der Waals surface area contributed by atoms with Gasteiger partial charge in [0.1, 0.15) is 7.05 Å². The second kappa shape index (κ2) is 2.43. The van der Waals surface area contributed by atoms with Crippen LogP contribution in [0, 0.1) is 0 Å². The van der Waals surface area contributed by atoms with E-state index in [1.165, 1.54) is 0 Å². The monoisotopic (exact) mass is 182 g/mol. The molecule has 1 unspecified atom stereocenters. The van der Waals surface area contributed by atoms with E-state index in [2.05, 4.69) is 20.5 Å². The molecule has 0 radical (unpaired) electrons. The van der Waals surface area contributed by atoms with Crippen molar-refractivity contribution in [3.05, 3.63) is 11.6 Å². The molecule has 1 aromatic heterocycles. The van der Waals surface area contributed by atoms with Gasteiger partial charge in [0.25, 0.3) is 5.84 Å². The van der Waals surface area contributed by atoms with Crippen LogP contribution in [-0.4, -0.2) is 17.9 Å². The predicted octanol–water partition coefficient (Wildman–Crippen LogP) is 1.79. The molecule has 0 amide bonds. The molecule has 0 saturated carbocycles. The zero-order valence-corrected chi connectivity index (χ0v) is 7.62. The number of hydrogen-bond donors (Lipinski definition) is 0. The highest BCUT2D eigenvalue weighted by molar-refractivity contribution is 7.13. The Kier molecular flexibility index (Phi) is 1.52. The number of thiazole rings is 1. The molecular weight excluding hydrogens is 174 g/mol. The highest BCUT2D eigenvalue weighted by Gasteiger charge is 2.37. The van der Waals surface area contributed by atoms with Crippen LogP contribution in [0.1, 0.15) is 6.92 Å². The van der Waals surface area contributed by atoms with Crippen LogP contribution in [0.25, 0.3) is 0 Å². The fourth-order valence-corrected chi connectivity index (χ4v) is 1.66. The Bertz CT molecular complexity index is 341. The normalized spacial score (nSPS) is 27.7. The van der Waals surface area contributed by atoms with E-state index in [9.17, 15) is 0 Å². The molecule has 1 aliphatic heterocycles. The third-order valence-electron chi connectivity index (χ3n) is 1.83. The van der Waals surface area contributed by atoms with Crippen LogP contribution in [-0.2, 0) is 0 Å². The molecule has 2 heterocycles. The van der Waals surface area contributed by atoms with Crippen LogP contribution in [0.4, 0.5) is 5.13 Å². The maximum absolute atomic E-state index is 4.18. The fraction of sp³-hybridized carbons (Fsp3) is 0.333. The molecule has 1 aromatic rings. The van der Waals surface area contributed by atoms with Crippen molar-refractivity contribution in [3.8, 4) is 0 Å². The average Bonchev–Trinajstić information content (AvgIpc) is 2.62. The third-order valence-corrected chi connectivity index (χ3v) is 2.76. The van der Waals surface area contributed by atoms with E-state index in [4.69, 9.17) is 0 Å². The van der Waals surface area contributed by atoms with Gasteiger partial charge in [-0.3, -0.25) is 0 Å². The molecule has 1 atom stereocenters. The van der Waals surface area contributed by atoms with E-state index in [0.717, 1.165) is 11.0 Å². The lowest BCUT2D eigenvalue weighted by Crippen LogP contribution is -2.41. The van der Waals surface area contributed by atoms with E-state index in [1.54, 1.807) is 17.5 Å². The standard InChI is InChI=1S/C6H8N5S/c1-5-8-9-10-11(5,2)6-7-3-4-12-6/h3-4H,1-2H3/q+1. The lowest BCUT2D eigenvalue weighted by molar-refractivity contribution is 0.505.